The quantitative estimate of drug-likeness (QED) is 0.927. The highest BCUT2D eigenvalue weighted by Gasteiger charge is 2.25. The predicted octanol–water partition coefficient (Wildman–Crippen LogP) is 2.69. The van der Waals surface area contributed by atoms with E-state index in [1.807, 2.05) is 20.8 Å². The highest BCUT2D eigenvalue weighted by atomic mass is 16.6. The van der Waals surface area contributed by atoms with Crippen LogP contribution in [0.4, 0.5) is 4.79 Å². The lowest BCUT2D eigenvalue weighted by Gasteiger charge is -2.29. The molecule has 1 saturated carbocycles. The Kier molecular flexibility index (Phi) is 4.98. The van der Waals surface area contributed by atoms with Gasteiger partial charge in [-0.1, -0.05) is 0 Å². The Labute approximate surface area is 125 Å². The van der Waals surface area contributed by atoms with Crippen molar-refractivity contribution in [2.75, 3.05) is 0 Å². The van der Waals surface area contributed by atoms with Gasteiger partial charge < -0.3 is 14.8 Å². The van der Waals surface area contributed by atoms with Crippen LogP contribution in [0.5, 0.6) is 6.01 Å². The molecule has 1 heterocycles. The minimum atomic E-state index is -0.463. The van der Waals surface area contributed by atoms with Crippen molar-refractivity contribution in [3.63, 3.8) is 0 Å². The Hall–Kier alpha value is -1.85. The zero-order valence-corrected chi connectivity index (χ0v) is 12.8. The summed E-state index contributed by atoms with van der Waals surface area (Å²) in [6.45, 7) is 5.57. The van der Waals surface area contributed by atoms with Crippen molar-refractivity contribution < 1.29 is 14.3 Å². The van der Waals surface area contributed by atoms with Crippen molar-refractivity contribution >= 4 is 6.09 Å². The third-order valence-corrected chi connectivity index (χ3v) is 3.21. The van der Waals surface area contributed by atoms with Crippen molar-refractivity contribution in [1.29, 1.82) is 0 Å². The number of carbonyl (C=O) groups excluding carboxylic acids is 1. The van der Waals surface area contributed by atoms with Gasteiger partial charge in [-0.05, 0) is 52.5 Å². The summed E-state index contributed by atoms with van der Waals surface area (Å²) < 4.78 is 11.0. The number of nitrogens with zero attached hydrogens (tertiary/aromatic N) is 2. The molecule has 1 amide bonds. The van der Waals surface area contributed by atoms with Crippen LogP contribution < -0.4 is 10.1 Å². The van der Waals surface area contributed by atoms with Gasteiger partial charge in [0.1, 0.15) is 11.7 Å². The van der Waals surface area contributed by atoms with Crippen LogP contribution in [0, 0.1) is 0 Å². The molecule has 0 atom stereocenters. The van der Waals surface area contributed by atoms with Crippen molar-refractivity contribution in [3.8, 4) is 6.01 Å². The number of alkyl carbamates (subject to hydrolysis) is 1. The van der Waals surface area contributed by atoms with Gasteiger partial charge in [0.15, 0.2) is 0 Å². The lowest BCUT2D eigenvalue weighted by atomic mass is 9.93. The second-order valence-electron chi connectivity index (χ2n) is 6.27. The Morgan fingerprint density at radius 2 is 1.81 bits per heavy atom. The SMILES string of the molecule is CC(C)(C)OC(=O)NC1CCC(Oc2ncccn2)CC1. The molecule has 1 fully saturated rings. The van der Waals surface area contributed by atoms with E-state index in [1.165, 1.54) is 0 Å². The van der Waals surface area contributed by atoms with Crippen LogP contribution in [0.3, 0.4) is 0 Å². The first kappa shape index (κ1) is 15.5. The molecule has 0 saturated heterocycles. The monoisotopic (exact) mass is 293 g/mol. The van der Waals surface area contributed by atoms with Crippen LogP contribution in [0.15, 0.2) is 18.5 Å². The molecule has 0 aromatic carbocycles. The highest BCUT2D eigenvalue weighted by molar-refractivity contribution is 5.68. The first-order valence-corrected chi connectivity index (χ1v) is 7.35. The molecular formula is C15H23N3O3. The molecule has 6 nitrogen and oxygen atoms in total. The number of nitrogens with one attached hydrogen (secondary N) is 1. The van der Waals surface area contributed by atoms with Crippen LogP contribution >= 0.6 is 0 Å². The molecule has 2 rings (SSSR count). The summed E-state index contributed by atoms with van der Waals surface area (Å²) in [5.41, 5.74) is -0.463. The fourth-order valence-electron chi connectivity index (χ4n) is 2.29. The minimum Gasteiger partial charge on any atom is -0.460 e. The maximum Gasteiger partial charge on any atom is 0.407 e. The van der Waals surface area contributed by atoms with Crippen LogP contribution in [-0.2, 0) is 4.74 Å². The molecule has 1 aliphatic carbocycles. The van der Waals surface area contributed by atoms with Gasteiger partial charge in [0, 0.05) is 18.4 Å². The maximum atomic E-state index is 11.7. The smallest absolute Gasteiger partial charge is 0.407 e. The highest BCUT2D eigenvalue weighted by Crippen LogP contribution is 2.22. The lowest BCUT2D eigenvalue weighted by Crippen LogP contribution is -2.42. The Morgan fingerprint density at radius 3 is 2.38 bits per heavy atom. The molecule has 1 aliphatic rings. The summed E-state index contributed by atoms with van der Waals surface area (Å²) in [7, 11) is 0. The van der Waals surface area contributed by atoms with E-state index in [4.69, 9.17) is 9.47 Å². The van der Waals surface area contributed by atoms with Crippen LogP contribution in [-0.4, -0.2) is 33.8 Å². The standard InChI is InChI=1S/C15H23N3O3/c1-15(2,3)21-14(19)18-11-5-7-12(8-6-11)20-13-16-9-4-10-17-13/h4,9-12H,5-8H2,1-3H3,(H,18,19). The summed E-state index contributed by atoms with van der Waals surface area (Å²) in [6, 6.07) is 2.33. The average Bonchev–Trinajstić information content (AvgIpc) is 2.40. The summed E-state index contributed by atoms with van der Waals surface area (Å²) in [4.78, 5) is 19.8. The molecule has 0 spiro atoms. The van der Waals surface area contributed by atoms with Gasteiger partial charge in [-0.3, -0.25) is 0 Å². The predicted molar refractivity (Wildman–Crippen MR) is 78.1 cm³/mol. The van der Waals surface area contributed by atoms with E-state index >= 15 is 0 Å². The normalized spacial score (nSPS) is 22.4. The Bertz CT molecular complexity index is 451. The average molecular weight is 293 g/mol. The molecule has 6 heteroatoms. The van der Waals surface area contributed by atoms with Crippen LogP contribution in [0.2, 0.25) is 0 Å². The number of rotatable bonds is 3. The Morgan fingerprint density at radius 1 is 1.19 bits per heavy atom. The third-order valence-electron chi connectivity index (χ3n) is 3.21. The summed E-state index contributed by atoms with van der Waals surface area (Å²) >= 11 is 0. The fraction of sp³-hybridized carbons (Fsp3) is 0.667. The van der Waals surface area contributed by atoms with E-state index in [-0.39, 0.29) is 18.2 Å². The first-order valence-electron chi connectivity index (χ1n) is 7.35. The van der Waals surface area contributed by atoms with Gasteiger partial charge in [-0.25, -0.2) is 14.8 Å². The minimum absolute atomic E-state index is 0.115. The maximum absolute atomic E-state index is 11.7. The zero-order chi connectivity index (χ0) is 15.3. The third kappa shape index (κ3) is 5.57. The van der Waals surface area contributed by atoms with E-state index in [0.29, 0.717) is 6.01 Å². The van der Waals surface area contributed by atoms with Crippen molar-refractivity contribution in [3.05, 3.63) is 18.5 Å². The number of carbonyl (C=O) groups is 1. The molecule has 1 N–H and O–H groups in total. The molecule has 1 aromatic rings. The van der Waals surface area contributed by atoms with Crippen molar-refractivity contribution in [1.82, 2.24) is 15.3 Å². The van der Waals surface area contributed by atoms with E-state index in [2.05, 4.69) is 15.3 Å². The van der Waals surface area contributed by atoms with Gasteiger partial charge in [0.2, 0.25) is 0 Å². The Balaban J connectivity index is 1.72. The lowest BCUT2D eigenvalue weighted by molar-refractivity contribution is 0.0467. The molecule has 0 bridgehead atoms. The molecular weight excluding hydrogens is 270 g/mol. The van der Waals surface area contributed by atoms with Crippen LogP contribution in [0.1, 0.15) is 46.5 Å². The number of aromatic nitrogens is 2. The van der Waals surface area contributed by atoms with E-state index < -0.39 is 5.60 Å². The molecule has 116 valence electrons. The van der Waals surface area contributed by atoms with Gasteiger partial charge in [-0.2, -0.15) is 0 Å². The van der Waals surface area contributed by atoms with Gasteiger partial charge in [0.05, 0.1) is 0 Å². The second kappa shape index (κ2) is 6.74. The second-order valence-corrected chi connectivity index (χ2v) is 6.27. The molecule has 0 radical (unpaired) electrons. The molecule has 0 aliphatic heterocycles. The number of ether oxygens (including phenoxy) is 2. The molecule has 21 heavy (non-hydrogen) atoms. The van der Waals surface area contributed by atoms with Crippen molar-refractivity contribution in [2.24, 2.45) is 0 Å². The van der Waals surface area contributed by atoms with Gasteiger partial charge in [0.25, 0.3) is 0 Å². The van der Waals surface area contributed by atoms with E-state index in [0.717, 1.165) is 25.7 Å². The van der Waals surface area contributed by atoms with Crippen molar-refractivity contribution in [2.45, 2.75) is 64.2 Å². The van der Waals surface area contributed by atoms with Crippen LogP contribution in [0.25, 0.3) is 0 Å². The number of hydrogen-bond acceptors (Lipinski definition) is 5. The number of amides is 1. The van der Waals surface area contributed by atoms with E-state index in [9.17, 15) is 4.79 Å². The topological polar surface area (TPSA) is 73.3 Å². The zero-order valence-electron chi connectivity index (χ0n) is 12.8. The van der Waals surface area contributed by atoms with E-state index in [1.54, 1.807) is 18.5 Å². The summed E-state index contributed by atoms with van der Waals surface area (Å²) in [5.74, 6) is 0. The summed E-state index contributed by atoms with van der Waals surface area (Å²) in [5, 5.41) is 2.91. The molecule has 0 unspecified atom stereocenters. The largest absolute Gasteiger partial charge is 0.460 e. The fourth-order valence-corrected chi connectivity index (χ4v) is 2.29. The first-order chi connectivity index (χ1) is 9.92. The summed E-state index contributed by atoms with van der Waals surface area (Å²) in [6.07, 6.45) is 6.59. The number of hydrogen-bond donors (Lipinski definition) is 1. The van der Waals surface area contributed by atoms with Gasteiger partial charge >= 0.3 is 12.1 Å². The molecule has 1 aromatic heterocycles. The van der Waals surface area contributed by atoms with Gasteiger partial charge in [-0.15, -0.1) is 0 Å².